The Labute approximate surface area is 112 Å². The summed E-state index contributed by atoms with van der Waals surface area (Å²) in [5.41, 5.74) is 4.91. The van der Waals surface area contributed by atoms with Gasteiger partial charge in [-0.3, -0.25) is 0 Å². The van der Waals surface area contributed by atoms with Gasteiger partial charge in [-0.05, 0) is 61.9 Å². The average Bonchev–Trinajstić information content (AvgIpc) is 2.48. The van der Waals surface area contributed by atoms with E-state index in [1.54, 1.807) is 11.1 Å². The van der Waals surface area contributed by atoms with E-state index in [9.17, 15) is 0 Å². The van der Waals surface area contributed by atoms with Gasteiger partial charge in [0.15, 0.2) is 0 Å². The quantitative estimate of drug-likeness (QED) is 0.680. The maximum Gasteiger partial charge on any atom is 0.00955 e. The van der Waals surface area contributed by atoms with Crippen LogP contribution in [0.3, 0.4) is 0 Å². The standard InChI is InChI=1S/C17H27N/c1-17(2,3)15-9-6-13-7-10-16(18(4)5)11-8-14(13)12-15/h6,9,12,16H,7-8,10-11H2,1-5H3. The summed E-state index contributed by atoms with van der Waals surface area (Å²) in [6.07, 6.45) is 5.08. The highest BCUT2D eigenvalue weighted by Crippen LogP contribution is 2.28. The van der Waals surface area contributed by atoms with Gasteiger partial charge in [-0.25, -0.2) is 0 Å². The molecule has 0 N–H and O–H groups in total. The molecular formula is C17H27N. The molecular weight excluding hydrogens is 218 g/mol. The van der Waals surface area contributed by atoms with E-state index in [1.807, 2.05) is 0 Å². The van der Waals surface area contributed by atoms with Crippen molar-refractivity contribution in [1.82, 2.24) is 4.90 Å². The van der Waals surface area contributed by atoms with Crippen LogP contribution in [0.25, 0.3) is 0 Å². The van der Waals surface area contributed by atoms with Crippen LogP contribution in [0.2, 0.25) is 0 Å². The van der Waals surface area contributed by atoms with Gasteiger partial charge in [-0.1, -0.05) is 39.0 Å². The van der Waals surface area contributed by atoms with E-state index in [1.165, 1.54) is 31.2 Å². The number of fused-ring (bicyclic) bond motifs is 1. The lowest BCUT2D eigenvalue weighted by Crippen LogP contribution is -2.27. The highest BCUT2D eigenvalue weighted by Gasteiger charge is 2.20. The van der Waals surface area contributed by atoms with Gasteiger partial charge in [0.2, 0.25) is 0 Å². The highest BCUT2D eigenvalue weighted by atomic mass is 15.1. The zero-order chi connectivity index (χ0) is 13.3. The Hall–Kier alpha value is -0.820. The molecule has 1 nitrogen and oxygen atoms in total. The maximum absolute atomic E-state index is 2.45. The molecule has 1 atom stereocenters. The molecule has 0 heterocycles. The Kier molecular flexibility index (Phi) is 3.82. The summed E-state index contributed by atoms with van der Waals surface area (Å²) < 4.78 is 0. The van der Waals surface area contributed by atoms with E-state index in [0.29, 0.717) is 0 Å². The van der Waals surface area contributed by atoms with E-state index in [0.717, 1.165) is 6.04 Å². The molecule has 1 aromatic carbocycles. The third-order valence-electron chi connectivity index (χ3n) is 4.30. The van der Waals surface area contributed by atoms with Gasteiger partial charge in [0.1, 0.15) is 0 Å². The minimum atomic E-state index is 0.266. The predicted octanol–water partition coefficient (Wildman–Crippen LogP) is 3.79. The molecule has 1 aromatic rings. The molecule has 1 heteroatoms. The molecule has 0 saturated carbocycles. The molecule has 0 spiro atoms. The van der Waals surface area contributed by atoms with Crippen LogP contribution in [-0.2, 0) is 18.3 Å². The normalized spacial score (nSPS) is 20.7. The average molecular weight is 245 g/mol. The van der Waals surface area contributed by atoms with Crippen LogP contribution in [0.1, 0.15) is 50.3 Å². The second-order valence-corrected chi connectivity index (χ2v) is 6.93. The molecule has 1 unspecified atom stereocenters. The van der Waals surface area contributed by atoms with Crippen LogP contribution < -0.4 is 0 Å². The molecule has 0 radical (unpaired) electrons. The van der Waals surface area contributed by atoms with Crippen LogP contribution in [0, 0.1) is 0 Å². The Morgan fingerprint density at radius 1 is 1.00 bits per heavy atom. The second-order valence-electron chi connectivity index (χ2n) is 6.93. The van der Waals surface area contributed by atoms with Gasteiger partial charge in [0.05, 0.1) is 0 Å². The topological polar surface area (TPSA) is 3.24 Å². The lowest BCUT2D eigenvalue weighted by Gasteiger charge is -2.22. The molecule has 0 amide bonds. The molecule has 2 rings (SSSR count). The van der Waals surface area contributed by atoms with Gasteiger partial charge < -0.3 is 4.90 Å². The highest BCUT2D eigenvalue weighted by molar-refractivity contribution is 5.36. The first-order chi connectivity index (χ1) is 8.38. The van der Waals surface area contributed by atoms with E-state index in [-0.39, 0.29) is 5.41 Å². The first kappa shape index (κ1) is 13.6. The Balaban J connectivity index is 2.23. The van der Waals surface area contributed by atoms with Crippen molar-refractivity contribution in [2.75, 3.05) is 14.1 Å². The van der Waals surface area contributed by atoms with Gasteiger partial charge in [-0.2, -0.15) is 0 Å². The first-order valence-electron chi connectivity index (χ1n) is 7.16. The smallest absolute Gasteiger partial charge is 0.00955 e. The van der Waals surface area contributed by atoms with Crippen molar-refractivity contribution < 1.29 is 0 Å². The van der Waals surface area contributed by atoms with Crippen LogP contribution in [-0.4, -0.2) is 25.0 Å². The number of aryl methyl sites for hydroxylation is 2. The lowest BCUT2D eigenvalue weighted by molar-refractivity contribution is 0.269. The van der Waals surface area contributed by atoms with Crippen molar-refractivity contribution in [2.24, 2.45) is 0 Å². The van der Waals surface area contributed by atoms with Crippen molar-refractivity contribution in [3.8, 4) is 0 Å². The number of nitrogens with zero attached hydrogens (tertiary/aromatic N) is 1. The summed E-state index contributed by atoms with van der Waals surface area (Å²) in [6.45, 7) is 6.90. The molecule has 0 fully saturated rings. The largest absolute Gasteiger partial charge is 0.306 e. The monoisotopic (exact) mass is 245 g/mol. The molecule has 0 bridgehead atoms. The fraction of sp³-hybridized carbons (Fsp3) is 0.647. The number of hydrogen-bond acceptors (Lipinski definition) is 1. The fourth-order valence-corrected chi connectivity index (χ4v) is 2.87. The third-order valence-corrected chi connectivity index (χ3v) is 4.30. The van der Waals surface area contributed by atoms with Crippen molar-refractivity contribution in [3.05, 3.63) is 34.9 Å². The van der Waals surface area contributed by atoms with Gasteiger partial charge >= 0.3 is 0 Å². The van der Waals surface area contributed by atoms with Crippen molar-refractivity contribution in [2.45, 2.75) is 57.9 Å². The van der Waals surface area contributed by atoms with Crippen LogP contribution in [0.5, 0.6) is 0 Å². The van der Waals surface area contributed by atoms with Crippen LogP contribution >= 0.6 is 0 Å². The lowest BCUT2D eigenvalue weighted by atomic mass is 9.84. The van der Waals surface area contributed by atoms with Gasteiger partial charge in [-0.15, -0.1) is 0 Å². The number of hydrogen-bond donors (Lipinski definition) is 0. The summed E-state index contributed by atoms with van der Waals surface area (Å²) >= 11 is 0. The molecule has 100 valence electrons. The maximum atomic E-state index is 2.45. The van der Waals surface area contributed by atoms with Crippen molar-refractivity contribution >= 4 is 0 Å². The summed E-state index contributed by atoms with van der Waals surface area (Å²) in [5.74, 6) is 0. The van der Waals surface area contributed by atoms with Crippen LogP contribution in [0.4, 0.5) is 0 Å². The predicted molar refractivity (Wildman–Crippen MR) is 79.3 cm³/mol. The van der Waals surface area contributed by atoms with E-state index < -0.39 is 0 Å². The Morgan fingerprint density at radius 3 is 2.17 bits per heavy atom. The van der Waals surface area contributed by atoms with E-state index in [2.05, 4.69) is 58.0 Å². The fourth-order valence-electron chi connectivity index (χ4n) is 2.87. The van der Waals surface area contributed by atoms with Crippen LogP contribution in [0.15, 0.2) is 18.2 Å². The number of rotatable bonds is 1. The van der Waals surface area contributed by atoms with E-state index in [4.69, 9.17) is 0 Å². The molecule has 0 saturated heterocycles. The summed E-state index contributed by atoms with van der Waals surface area (Å²) in [4.78, 5) is 2.39. The second kappa shape index (κ2) is 5.05. The molecule has 0 aromatic heterocycles. The van der Waals surface area contributed by atoms with Crippen molar-refractivity contribution in [1.29, 1.82) is 0 Å². The third kappa shape index (κ3) is 2.95. The minimum Gasteiger partial charge on any atom is -0.306 e. The van der Waals surface area contributed by atoms with E-state index >= 15 is 0 Å². The SMILES string of the molecule is CN(C)C1CCc2ccc(C(C)(C)C)cc2CC1. The molecule has 1 aliphatic rings. The first-order valence-corrected chi connectivity index (χ1v) is 7.16. The number of benzene rings is 1. The molecule has 1 aliphatic carbocycles. The van der Waals surface area contributed by atoms with Crippen molar-refractivity contribution in [3.63, 3.8) is 0 Å². The minimum absolute atomic E-state index is 0.266. The zero-order valence-electron chi connectivity index (χ0n) is 12.6. The summed E-state index contributed by atoms with van der Waals surface area (Å²) in [5, 5.41) is 0. The summed E-state index contributed by atoms with van der Waals surface area (Å²) in [7, 11) is 4.42. The molecule has 0 aliphatic heterocycles. The van der Waals surface area contributed by atoms with Gasteiger partial charge in [0.25, 0.3) is 0 Å². The Morgan fingerprint density at radius 2 is 1.61 bits per heavy atom. The molecule has 18 heavy (non-hydrogen) atoms. The Bertz CT molecular complexity index is 412. The zero-order valence-corrected chi connectivity index (χ0v) is 12.6. The summed E-state index contributed by atoms with van der Waals surface area (Å²) in [6, 6.07) is 7.89. The van der Waals surface area contributed by atoms with Gasteiger partial charge in [0, 0.05) is 6.04 Å².